The Morgan fingerprint density at radius 2 is 1.93 bits per heavy atom. The van der Waals surface area contributed by atoms with Gasteiger partial charge in [0.15, 0.2) is 0 Å². The third kappa shape index (κ3) is 5.53. The van der Waals surface area contributed by atoms with Crippen molar-refractivity contribution in [2.45, 2.75) is 64.4 Å². The lowest BCUT2D eigenvalue weighted by atomic mass is 9.85. The maximum absolute atomic E-state index is 9.91. The summed E-state index contributed by atoms with van der Waals surface area (Å²) in [5.41, 5.74) is 0. The smallest absolute Gasteiger partial charge is 0.0801 e. The molecule has 1 saturated carbocycles. The topological polar surface area (TPSA) is 29.5 Å². The lowest BCUT2D eigenvalue weighted by Gasteiger charge is -2.26. The number of ether oxygens (including phenoxy) is 1. The molecule has 1 rings (SSSR count). The molecule has 0 aromatic heterocycles. The largest absolute Gasteiger partial charge is 0.390 e. The number of unbranched alkanes of at least 4 members (excludes halogenated alkanes) is 2. The fourth-order valence-corrected chi connectivity index (χ4v) is 2.31. The molecule has 0 aromatic carbocycles. The summed E-state index contributed by atoms with van der Waals surface area (Å²) in [6.45, 7) is 3.56. The van der Waals surface area contributed by atoms with E-state index in [-0.39, 0.29) is 6.10 Å². The van der Waals surface area contributed by atoms with Crippen LogP contribution in [0.3, 0.4) is 0 Å². The minimum absolute atomic E-state index is 0.216. The van der Waals surface area contributed by atoms with Crippen LogP contribution in [-0.4, -0.2) is 24.4 Å². The van der Waals surface area contributed by atoms with Crippen molar-refractivity contribution in [2.75, 3.05) is 13.2 Å². The monoisotopic (exact) mass is 214 g/mol. The zero-order chi connectivity index (χ0) is 10.9. The molecule has 0 aliphatic heterocycles. The Morgan fingerprint density at radius 1 is 1.20 bits per heavy atom. The molecule has 0 spiro atoms. The summed E-state index contributed by atoms with van der Waals surface area (Å²) in [6.07, 6.45) is 9.70. The van der Waals surface area contributed by atoms with Gasteiger partial charge in [-0.05, 0) is 25.2 Å². The maximum Gasteiger partial charge on any atom is 0.0801 e. The quantitative estimate of drug-likeness (QED) is 0.660. The van der Waals surface area contributed by atoms with Gasteiger partial charge in [-0.3, -0.25) is 0 Å². The minimum Gasteiger partial charge on any atom is -0.390 e. The van der Waals surface area contributed by atoms with Gasteiger partial charge in [-0.15, -0.1) is 0 Å². The van der Waals surface area contributed by atoms with E-state index in [1.807, 2.05) is 0 Å². The molecule has 2 nitrogen and oxygen atoms in total. The standard InChI is InChI=1S/C13H26O2/c1-2-3-7-10-15-11-13(14)12-8-5-4-6-9-12/h12-14H,2-11H2,1H3. The van der Waals surface area contributed by atoms with Crippen molar-refractivity contribution in [3.8, 4) is 0 Å². The normalized spacial score (nSPS) is 20.4. The summed E-state index contributed by atoms with van der Waals surface area (Å²) < 4.78 is 5.50. The number of aliphatic hydroxyl groups is 1. The molecule has 90 valence electrons. The Labute approximate surface area is 94.0 Å². The summed E-state index contributed by atoms with van der Waals surface area (Å²) in [4.78, 5) is 0. The molecule has 15 heavy (non-hydrogen) atoms. The van der Waals surface area contributed by atoms with Crippen molar-refractivity contribution in [1.29, 1.82) is 0 Å². The molecular weight excluding hydrogens is 188 g/mol. The van der Waals surface area contributed by atoms with E-state index in [2.05, 4.69) is 6.92 Å². The van der Waals surface area contributed by atoms with Gasteiger partial charge in [0, 0.05) is 6.61 Å². The predicted molar refractivity (Wildman–Crippen MR) is 62.9 cm³/mol. The van der Waals surface area contributed by atoms with E-state index in [0.717, 1.165) is 13.0 Å². The highest BCUT2D eigenvalue weighted by Crippen LogP contribution is 2.26. The Morgan fingerprint density at radius 3 is 2.60 bits per heavy atom. The van der Waals surface area contributed by atoms with Crippen LogP contribution in [0, 0.1) is 5.92 Å². The summed E-state index contributed by atoms with van der Waals surface area (Å²) in [7, 11) is 0. The van der Waals surface area contributed by atoms with Crippen LogP contribution in [0.4, 0.5) is 0 Å². The van der Waals surface area contributed by atoms with Gasteiger partial charge in [-0.25, -0.2) is 0 Å². The Hall–Kier alpha value is -0.0800. The molecule has 0 heterocycles. The number of rotatable bonds is 7. The van der Waals surface area contributed by atoms with E-state index >= 15 is 0 Å². The Bertz CT molecular complexity index is 141. The van der Waals surface area contributed by atoms with Crippen LogP contribution in [0.25, 0.3) is 0 Å². The first-order valence-electron chi connectivity index (χ1n) is 6.60. The van der Waals surface area contributed by atoms with E-state index in [1.165, 1.54) is 44.9 Å². The summed E-state index contributed by atoms with van der Waals surface area (Å²) >= 11 is 0. The second-order valence-electron chi connectivity index (χ2n) is 4.75. The Balaban J connectivity index is 1.99. The third-order valence-corrected chi connectivity index (χ3v) is 3.37. The third-order valence-electron chi connectivity index (χ3n) is 3.37. The molecular formula is C13H26O2. The first-order valence-corrected chi connectivity index (χ1v) is 6.60. The van der Waals surface area contributed by atoms with Crippen LogP contribution in [0.15, 0.2) is 0 Å². The minimum atomic E-state index is -0.216. The first kappa shape index (κ1) is 13.0. The zero-order valence-corrected chi connectivity index (χ0v) is 10.1. The summed E-state index contributed by atoms with van der Waals surface area (Å²) in [6, 6.07) is 0. The second-order valence-corrected chi connectivity index (χ2v) is 4.75. The lowest BCUT2D eigenvalue weighted by molar-refractivity contribution is -0.00568. The number of hydrogen-bond acceptors (Lipinski definition) is 2. The van der Waals surface area contributed by atoms with Gasteiger partial charge >= 0.3 is 0 Å². The van der Waals surface area contributed by atoms with E-state index in [9.17, 15) is 5.11 Å². The van der Waals surface area contributed by atoms with Crippen molar-refractivity contribution >= 4 is 0 Å². The molecule has 0 aromatic rings. The van der Waals surface area contributed by atoms with Gasteiger partial charge < -0.3 is 9.84 Å². The molecule has 0 radical (unpaired) electrons. The van der Waals surface area contributed by atoms with Crippen LogP contribution >= 0.6 is 0 Å². The second kappa shape index (κ2) is 8.12. The van der Waals surface area contributed by atoms with Crippen molar-refractivity contribution in [3.63, 3.8) is 0 Å². The average molecular weight is 214 g/mol. The lowest BCUT2D eigenvalue weighted by Crippen LogP contribution is -2.27. The molecule has 1 N–H and O–H groups in total. The van der Waals surface area contributed by atoms with Crippen molar-refractivity contribution in [1.82, 2.24) is 0 Å². The van der Waals surface area contributed by atoms with E-state index < -0.39 is 0 Å². The van der Waals surface area contributed by atoms with Crippen molar-refractivity contribution in [2.24, 2.45) is 5.92 Å². The fourth-order valence-electron chi connectivity index (χ4n) is 2.31. The molecule has 1 atom stereocenters. The highest BCUT2D eigenvalue weighted by atomic mass is 16.5. The average Bonchev–Trinajstić information content (AvgIpc) is 2.30. The SMILES string of the molecule is CCCCCOCC(O)C1CCCCC1. The van der Waals surface area contributed by atoms with E-state index in [0.29, 0.717) is 12.5 Å². The molecule has 1 unspecified atom stereocenters. The van der Waals surface area contributed by atoms with Gasteiger partial charge in [-0.2, -0.15) is 0 Å². The van der Waals surface area contributed by atoms with Gasteiger partial charge in [0.05, 0.1) is 12.7 Å². The highest BCUT2D eigenvalue weighted by molar-refractivity contribution is 4.72. The van der Waals surface area contributed by atoms with Gasteiger partial charge in [0.2, 0.25) is 0 Å². The zero-order valence-electron chi connectivity index (χ0n) is 10.1. The first-order chi connectivity index (χ1) is 7.34. The number of aliphatic hydroxyl groups excluding tert-OH is 1. The predicted octanol–water partition coefficient (Wildman–Crippen LogP) is 3.13. The molecule has 2 heteroatoms. The van der Waals surface area contributed by atoms with Crippen LogP contribution in [0.2, 0.25) is 0 Å². The van der Waals surface area contributed by atoms with Crippen molar-refractivity contribution < 1.29 is 9.84 Å². The van der Waals surface area contributed by atoms with E-state index in [4.69, 9.17) is 4.74 Å². The van der Waals surface area contributed by atoms with E-state index in [1.54, 1.807) is 0 Å². The molecule has 1 aliphatic rings. The molecule has 1 fully saturated rings. The highest BCUT2D eigenvalue weighted by Gasteiger charge is 2.21. The van der Waals surface area contributed by atoms with Gasteiger partial charge in [0.1, 0.15) is 0 Å². The van der Waals surface area contributed by atoms with Crippen LogP contribution in [0.1, 0.15) is 58.3 Å². The van der Waals surface area contributed by atoms with Crippen molar-refractivity contribution in [3.05, 3.63) is 0 Å². The fraction of sp³-hybridized carbons (Fsp3) is 1.00. The van der Waals surface area contributed by atoms with Gasteiger partial charge in [-0.1, -0.05) is 39.0 Å². The molecule has 0 bridgehead atoms. The van der Waals surface area contributed by atoms with Crippen LogP contribution in [-0.2, 0) is 4.74 Å². The maximum atomic E-state index is 9.91. The van der Waals surface area contributed by atoms with Crippen LogP contribution < -0.4 is 0 Å². The van der Waals surface area contributed by atoms with Crippen LogP contribution in [0.5, 0.6) is 0 Å². The van der Waals surface area contributed by atoms with Gasteiger partial charge in [0.25, 0.3) is 0 Å². The summed E-state index contributed by atoms with van der Waals surface area (Å²) in [5.74, 6) is 0.505. The number of hydrogen-bond donors (Lipinski definition) is 1. The molecule has 0 amide bonds. The molecule has 1 aliphatic carbocycles. The summed E-state index contributed by atoms with van der Waals surface area (Å²) in [5, 5.41) is 9.91. The molecule has 0 saturated heterocycles. The Kier molecular flexibility index (Phi) is 7.03.